The highest BCUT2D eigenvalue weighted by atomic mass is 16.5. The molecule has 1 heterocycles. The van der Waals surface area contributed by atoms with Crippen molar-refractivity contribution >= 4 is 5.97 Å². The van der Waals surface area contributed by atoms with Crippen LogP contribution in [0.2, 0.25) is 0 Å². The predicted molar refractivity (Wildman–Crippen MR) is 53.6 cm³/mol. The van der Waals surface area contributed by atoms with Crippen LogP contribution >= 0.6 is 0 Å². The van der Waals surface area contributed by atoms with Crippen LogP contribution in [-0.4, -0.2) is 5.97 Å². The summed E-state index contributed by atoms with van der Waals surface area (Å²) >= 11 is 0. The molecule has 0 aromatic heterocycles. The molecule has 1 aliphatic rings. The Hall–Kier alpha value is -1.57. The molecule has 72 valence electrons. The topological polar surface area (TPSA) is 26.3 Å². The van der Waals surface area contributed by atoms with Crippen molar-refractivity contribution in [2.24, 2.45) is 0 Å². The molecule has 2 heteroatoms. The van der Waals surface area contributed by atoms with Crippen LogP contribution in [0.5, 0.6) is 0 Å². The second-order valence-electron chi connectivity index (χ2n) is 3.32. The average Bonchev–Trinajstić information content (AvgIpc) is 2.61. The molecule has 1 aliphatic heterocycles. The van der Waals surface area contributed by atoms with Gasteiger partial charge in [0.15, 0.2) is 0 Å². The van der Waals surface area contributed by atoms with Gasteiger partial charge in [-0.2, -0.15) is 0 Å². The molecule has 1 fully saturated rings. The zero-order valence-corrected chi connectivity index (χ0v) is 8.07. The van der Waals surface area contributed by atoms with Crippen molar-refractivity contribution in [1.82, 2.24) is 0 Å². The summed E-state index contributed by atoms with van der Waals surface area (Å²) in [5.74, 6) is -0.179. The SMILES string of the molecule is C/C=C1\CC(c2ccccc2)OC1=O. The van der Waals surface area contributed by atoms with E-state index < -0.39 is 0 Å². The van der Waals surface area contributed by atoms with Crippen molar-refractivity contribution in [2.45, 2.75) is 19.4 Å². The third kappa shape index (κ3) is 1.55. The quantitative estimate of drug-likeness (QED) is 0.500. The third-order valence-corrected chi connectivity index (χ3v) is 2.44. The Morgan fingerprint density at radius 2 is 2.07 bits per heavy atom. The van der Waals surface area contributed by atoms with E-state index in [1.165, 1.54) is 0 Å². The van der Waals surface area contributed by atoms with Crippen molar-refractivity contribution in [2.75, 3.05) is 0 Å². The zero-order valence-electron chi connectivity index (χ0n) is 8.07. The highest BCUT2D eigenvalue weighted by molar-refractivity contribution is 5.90. The Kier molecular flexibility index (Phi) is 2.35. The Morgan fingerprint density at radius 3 is 2.64 bits per heavy atom. The van der Waals surface area contributed by atoms with Crippen molar-refractivity contribution in [1.29, 1.82) is 0 Å². The van der Waals surface area contributed by atoms with Crippen LogP contribution in [-0.2, 0) is 9.53 Å². The maximum absolute atomic E-state index is 11.3. The summed E-state index contributed by atoms with van der Waals surface area (Å²) in [5.41, 5.74) is 1.84. The highest BCUT2D eigenvalue weighted by Crippen LogP contribution is 2.32. The number of carbonyl (C=O) groups excluding carboxylic acids is 1. The fourth-order valence-corrected chi connectivity index (χ4v) is 1.62. The molecule has 1 atom stereocenters. The summed E-state index contributed by atoms with van der Waals surface area (Å²) in [5, 5.41) is 0. The van der Waals surface area contributed by atoms with Crippen LogP contribution in [0.15, 0.2) is 42.0 Å². The van der Waals surface area contributed by atoms with Crippen LogP contribution < -0.4 is 0 Å². The van der Waals surface area contributed by atoms with Crippen LogP contribution in [0.25, 0.3) is 0 Å². The van der Waals surface area contributed by atoms with Gasteiger partial charge in [0.05, 0.1) is 0 Å². The van der Waals surface area contributed by atoms with E-state index in [1.54, 1.807) is 0 Å². The van der Waals surface area contributed by atoms with E-state index in [0.717, 1.165) is 11.1 Å². The molecule has 0 spiro atoms. The lowest BCUT2D eigenvalue weighted by atomic mass is 10.0. The number of esters is 1. The van der Waals surface area contributed by atoms with Gasteiger partial charge in [-0.05, 0) is 12.5 Å². The molecule has 14 heavy (non-hydrogen) atoms. The van der Waals surface area contributed by atoms with Gasteiger partial charge < -0.3 is 4.74 Å². The largest absolute Gasteiger partial charge is 0.454 e. The Morgan fingerprint density at radius 1 is 1.36 bits per heavy atom. The monoisotopic (exact) mass is 188 g/mol. The lowest BCUT2D eigenvalue weighted by Gasteiger charge is -2.07. The van der Waals surface area contributed by atoms with Gasteiger partial charge in [0.1, 0.15) is 6.10 Å². The van der Waals surface area contributed by atoms with Crippen LogP contribution in [0, 0.1) is 0 Å². The number of cyclic esters (lactones) is 1. The normalized spacial score (nSPS) is 23.9. The Balaban J connectivity index is 2.21. The van der Waals surface area contributed by atoms with Gasteiger partial charge in [0.2, 0.25) is 0 Å². The Labute approximate surface area is 83.2 Å². The lowest BCUT2D eigenvalue weighted by Crippen LogP contribution is -1.98. The number of hydrogen-bond donors (Lipinski definition) is 0. The van der Waals surface area contributed by atoms with E-state index in [-0.39, 0.29) is 12.1 Å². The summed E-state index contributed by atoms with van der Waals surface area (Å²) in [6.45, 7) is 1.87. The smallest absolute Gasteiger partial charge is 0.334 e. The van der Waals surface area contributed by atoms with Crippen LogP contribution in [0.4, 0.5) is 0 Å². The number of rotatable bonds is 1. The van der Waals surface area contributed by atoms with Crippen molar-refractivity contribution in [3.63, 3.8) is 0 Å². The summed E-state index contributed by atoms with van der Waals surface area (Å²) < 4.78 is 5.24. The molecule has 1 saturated heterocycles. The van der Waals surface area contributed by atoms with Crippen molar-refractivity contribution < 1.29 is 9.53 Å². The molecule has 0 radical (unpaired) electrons. The van der Waals surface area contributed by atoms with Gasteiger partial charge >= 0.3 is 5.97 Å². The first-order valence-electron chi connectivity index (χ1n) is 4.72. The number of hydrogen-bond acceptors (Lipinski definition) is 2. The standard InChI is InChI=1S/C12H12O2/c1-2-9-8-11(14-12(9)13)10-6-4-3-5-7-10/h2-7,11H,8H2,1H3/b9-2+. The second-order valence-corrected chi connectivity index (χ2v) is 3.32. The van der Waals surface area contributed by atoms with Crippen molar-refractivity contribution in [3.05, 3.63) is 47.5 Å². The summed E-state index contributed by atoms with van der Waals surface area (Å²) in [7, 11) is 0. The van der Waals surface area contributed by atoms with Gasteiger partial charge in [0, 0.05) is 12.0 Å². The first kappa shape index (κ1) is 9.00. The molecule has 0 N–H and O–H groups in total. The first-order valence-corrected chi connectivity index (χ1v) is 4.72. The molecule has 2 rings (SSSR count). The van der Waals surface area contributed by atoms with E-state index in [4.69, 9.17) is 4.74 Å². The molecule has 0 bridgehead atoms. The van der Waals surface area contributed by atoms with Gasteiger partial charge in [0.25, 0.3) is 0 Å². The fraction of sp³-hybridized carbons (Fsp3) is 0.250. The molecule has 0 amide bonds. The predicted octanol–water partition coefficient (Wildman–Crippen LogP) is 2.62. The number of benzene rings is 1. The average molecular weight is 188 g/mol. The number of carbonyl (C=O) groups is 1. The molecular formula is C12H12O2. The third-order valence-electron chi connectivity index (χ3n) is 2.44. The van der Waals surface area contributed by atoms with E-state index >= 15 is 0 Å². The molecule has 2 nitrogen and oxygen atoms in total. The maximum atomic E-state index is 11.3. The van der Waals surface area contributed by atoms with Gasteiger partial charge in [-0.15, -0.1) is 0 Å². The number of allylic oxidation sites excluding steroid dienone is 1. The molecule has 1 unspecified atom stereocenters. The van der Waals surface area contributed by atoms with Crippen LogP contribution in [0.1, 0.15) is 25.0 Å². The van der Waals surface area contributed by atoms with Gasteiger partial charge in [-0.25, -0.2) is 4.79 Å². The van der Waals surface area contributed by atoms with Crippen LogP contribution in [0.3, 0.4) is 0 Å². The minimum atomic E-state index is -0.179. The molecule has 1 aromatic carbocycles. The van der Waals surface area contributed by atoms with Crippen molar-refractivity contribution in [3.8, 4) is 0 Å². The zero-order chi connectivity index (χ0) is 9.97. The molecule has 1 aromatic rings. The molecule has 0 aliphatic carbocycles. The minimum absolute atomic E-state index is 0.0881. The van der Waals surface area contributed by atoms with E-state index in [1.807, 2.05) is 43.3 Å². The van der Waals surface area contributed by atoms with E-state index in [0.29, 0.717) is 6.42 Å². The Bertz CT molecular complexity index is 365. The highest BCUT2D eigenvalue weighted by Gasteiger charge is 2.28. The molecule has 0 saturated carbocycles. The maximum Gasteiger partial charge on any atom is 0.334 e. The summed E-state index contributed by atoms with van der Waals surface area (Å²) in [4.78, 5) is 11.3. The number of ether oxygens (including phenoxy) is 1. The van der Waals surface area contributed by atoms with Gasteiger partial charge in [-0.1, -0.05) is 36.4 Å². The van der Waals surface area contributed by atoms with E-state index in [9.17, 15) is 4.79 Å². The summed E-state index contributed by atoms with van der Waals surface area (Å²) in [6, 6.07) is 9.83. The molecular weight excluding hydrogens is 176 g/mol. The second kappa shape index (κ2) is 3.66. The lowest BCUT2D eigenvalue weighted by molar-refractivity contribution is -0.139. The first-order chi connectivity index (χ1) is 6.81. The summed E-state index contributed by atoms with van der Waals surface area (Å²) in [6.07, 6.45) is 2.43. The van der Waals surface area contributed by atoms with Gasteiger partial charge in [-0.3, -0.25) is 0 Å². The fourth-order valence-electron chi connectivity index (χ4n) is 1.62. The van der Waals surface area contributed by atoms with E-state index in [2.05, 4.69) is 0 Å². The minimum Gasteiger partial charge on any atom is -0.454 e.